The lowest BCUT2D eigenvalue weighted by Crippen LogP contribution is -2.45. The maximum Gasteiger partial charge on any atom is 0.450 e. The number of alkyl halides is 3. The van der Waals surface area contributed by atoms with E-state index >= 15 is 0 Å². The number of carbonyl (C=O) groups is 3. The van der Waals surface area contributed by atoms with Crippen LogP contribution in [0.3, 0.4) is 0 Å². The lowest BCUT2D eigenvalue weighted by atomic mass is 9.84. The van der Waals surface area contributed by atoms with Crippen LogP contribution in [0.15, 0.2) is 47.8 Å². The third-order valence-corrected chi connectivity index (χ3v) is 7.08. The zero-order valence-electron chi connectivity index (χ0n) is 18.8. The standard InChI is InChI=1S/C25H22Cl2F3NO3S/c1-13(2)17(23(33)25(28,29)30)11-21(32)20(9-14-4-3-5-15(26)8-14)31-24(34)19-12-35-22-7-6-16(27)10-18(19)22/h3-8,10,12-13,17,20H,9,11H2,1-2H3,(H,31,34)/t17-,20-/m0/s1. The number of ketones is 2. The fourth-order valence-electron chi connectivity index (χ4n) is 3.76. The summed E-state index contributed by atoms with van der Waals surface area (Å²) in [6, 6.07) is 10.5. The maximum absolute atomic E-state index is 13.2. The highest BCUT2D eigenvalue weighted by molar-refractivity contribution is 7.17. The van der Waals surface area contributed by atoms with E-state index in [4.69, 9.17) is 23.2 Å². The number of carbonyl (C=O) groups excluding carboxylic acids is 3. The Morgan fingerprint density at radius 3 is 2.34 bits per heavy atom. The van der Waals surface area contributed by atoms with Crippen molar-refractivity contribution < 1.29 is 27.6 Å². The quantitative estimate of drug-likeness (QED) is 0.319. The first-order valence-corrected chi connectivity index (χ1v) is 12.4. The fourth-order valence-corrected chi connectivity index (χ4v) is 5.06. The van der Waals surface area contributed by atoms with Crippen LogP contribution in [0.4, 0.5) is 13.2 Å². The van der Waals surface area contributed by atoms with Gasteiger partial charge in [-0.15, -0.1) is 11.3 Å². The summed E-state index contributed by atoms with van der Waals surface area (Å²) in [6.07, 6.45) is -5.72. The van der Waals surface area contributed by atoms with Gasteiger partial charge in [0.15, 0.2) is 5.78 Å². The average molecular weight is 544 g/mol. The molecule has 2 aromatic carbocycles. The molecule has 0 unspecified atom stereocenters. The molecule has 4 nitrogen and oxygen atoms in total. The highest BCUT2D eigenvalue weighted by atomic mass is 35.5. The molecule has 3 rings (SSSR count). The van der Waals surface area contributed by atoms with Crippen LogP contribution in [-0.2, 0) is 16.0 Å². The molecule has 1 N–H and O–H groups in total. The summed E-state index contributed by atoms with van der Waals surface area (Å²) in [6.45, 7) is 2.90. The minimum atomic E-state index is -5.06. The molecular weight excluding hydrogens is 522 g/mol. The Morgan fingerprint density at radius 1 is 1.03 bits per heavy atom. The van der Waals surface area contributed by atoms with Crippen molar-refractivity contribution in [2.75, 3.05) is 0 Å². The van der Waals surface area contributed by atoms with E-state index < -0.39 is 47.9 Å². The summed E-state index contributed by atoms with van der Waals surface area (Å²) in [5.41, 5.74) is 0.904. The van der Waals surface area contributed by atoms with Crippen molar-refractivity contribution >= 4 is 62.1 Å². The van der Waals surface area contributed by atoms with Crippen LogP contribution in [0.25, 0.3) is 10.1 Å². The minimum absolute atomic E-state index is 0.00101. The van der Waals surface area contributed by atoms with Crippen LogP contribution >= 0.6 is 34.5 Å². The van der Waals surface area contributed by atoms with Gasteiger partial charge in [-0.1, -0.05) is 49.2 Å². The number of halogens is 5. The van der Waals surface area contributed by atoms with Crippen molar-refractivity contribution in [1.82, 2.24) is 5.32 Å². The molecule has 0 aliphatic heterocycles. The molecule has 0 spiro atoms. The third kappa shape index (κ3) is 6.84. The normalized spacial score (nSPS) is 13.6. The van der Waals surface area contributed by atoms with E-state index in [0.717, 1.165) is 4.70 Å². The predicted octanol–water partition coefficient (Wildman–Crippen LogP) is 6.91. The van der Waals surface area contributed by atoms with E-state index in [1.165, 1.54) is 25.2 Å². The summed E-state index contributed by atoms with van der Waals surface area (Å²) >= 11 is 13.4. The van der Waals surface area contributed by atoms with Crippen molar-refractivity contribution in [3.05, 3.63) is 69.0 Å². The van der Waals surface area contributed by atoms with Gasteiger partial charge in [0.25, 0.3) is 5.91 Å². The van der Waals surface area contributed by atoms with E-state index in [0.29, 0.717) is 26.6 Å². The summed E-state index contributed by atoms with van der Waals surface area (Å²) in [7, 11) is 0. The summed E-state index contributed by atoms with van der Waals surface area (Å²) in [5, 5.41) is 5.73. The van der Waals surface area contributed by atoms with Gasteiger partial charge in [0.1, 0.15) is 0 Å². The van der Waals surface area contributed by atoms with Gasteiger partial charge in [0, 0.05) is 37.9 Å². The van der Waals surface area contributed by atoms with Gasteiger partial charge >= 0.3 is 6.18 Å². The van der Waals surface area contributed by atoms with Gasteiger partial charge in [0.05, 0.1) is 11.6 Å². The van der Waals surface area contributed by atoms with E-state index in [2.05, 4.69) is 5.32 Å². The van der Waals surface area contributed by atoms with Crippen molar-refractivity contribution in [3.8, 4) is 0 Å². The Labute approximate surface area is 214 Å². The van der Waals surface area contributed by atoms with E-state index in [1.54, 1.807) is 47.8 Å². The largest absolute Gasteiger partial charge is 0.450 e. The van der Waals surface area contributed by atoms with E-state index in [9.17, 15) is 27.6 Å². The molecule has 0 aliphatic carbocycles. The van der Waals surface area contributed by atoms with Gasteiger partial charge < -0.3 is 5.32 Å². The smallest absolute Gasteiger partial charge is 0.342 e. The molecule has 0 radical (unpaired) electrons. The van der Waals surface area contributed by atoms with Crippen molar-refractivity contribution in [2.24, 2.45) is 11.8 Å². The molecule has 186 valence electrons. The topological polar surface area (TPSA) is 63.2 Å². The lowest BCUT2D eigenvalue weighted by Gasteiger charge is -2.24. The van der Waals surface area contributed by atoms with Crippen molar-refractivity contribution in [3.63, 3.8) is 0 Å². The first-order valence-electron chi connectivity index (χ1n) is 10.7. The van der Waals surface area contributed by atoms with Gasteiger partial charge in [-0.3, -0.25) is 14.4 Å². The predicted molar refractivity (Wildman–Crippen MR) is 132 cm³/mol. The Hall–Kier alpha value is -2.42. The molecule has 10 heteroatoms. The minimum Gasteiger partial charge on any atom is -0.342 e. The number of benzene rings is 2. The Balaban J connectivity index is 1.90. The molecule has 0 bridgehead atoms. The number of nitrogens with one attached hydrogen (secondary N) is 1. The highest BCUT2D eigenvalue weighted by Crippen LogP contribution is 2.30. The van der Waals surface area contributed by atoms with E-state index in [1.807, 2.05) is 0 Å². The molecule has 1 heterocycles. The van der Waals surface area contributed by atoms with Gasteiger partial charge in [-0.05, 0) is 48.2 Å². The molecule has 1 aromatic heterocycles. The van der Waals surface area contributed by atoms with Crippen molar-refractivity contribution in [2.45, 2.75) is 38.9 Å². The SMILES string of the molecule is CC(C)[C@H](CC(=O)[C@H](Cc1cccc(Cl)c1)NC(=O)c1csc2ccc(Cl)cc12)C(=O)C(F)(F)F. The Kier molecular flexibility index (Phi) is 8.62. The lowest BCUT2D eigenvalue weighted by molar-refractivity contribution is -0.177. The average Bonchev–Trinajstić information content (AvgIpc) is 3.18. The number of fused-ring (bicyclic) bond motifs is 1. The van der Waals surface area contributed by atoms with E-state index in [-0.39, 0.29) is 6.42 Å². The molecule has 1 amide bonds. The molecule has 35 heavy (non-hydrogen) atoms. The number of Topliss-reactive ketones (excluding diaryl/α,β-unsaturated/α-hetero) is 2. The van der Waals surface area contributed by atoms with Gasteiger partial charge in [-0.2, -0.15) is 13.2 Å². The number of thiophene rings is 1. The second-order valence-corrected chi connectivity index (χ2v) is 10.3. The number of hydrogen-bond acceptors (Lipinski definition) is 4. The van der Waals surface area contributed by atoms with Crippen LogP contribution in [0.1, 0.15) is 36.2 Å². The monoisotopic (exact) mass is 543 g/mol. The van der Waals surface area contributed by atoms with Gasteiger partial charge in [-0.25, -0.2) is 0 Å². The zero-order valence-corrected chi connectivity index (χ0v) is 21.1. The maximum atomic E-state index is 13.2. The second-order valence-electron chi connectivity index (χ2n) is 8.53. The molecular formula is C25H22Cl2F3NO3S. The molecule has 0 saturated carbocycles. The van der Waals surface area contributed by atoms with Crippen LogP contribution in [0.2, 0.25) is 10.0 Å². The third-order valence-electron chi connectivity index (χ3n) is 5.64. The zero-order chi connectivity index (χ0) is 25.9. The van der Waals surface area contributed by atoms with Gasteiger partial charge in [0.2, 0.25) is 5.78 Å². The van der Waals surface area contributed by atoms with Crippen LogP contribution in [0.5, 0.6) is 0 Å². The summed E-state index contributed by atoms with van der Waals surface area (Å²) < 4.78 is 40.2. The fraction of sp³-hybridized carbons (Fsp3) is 0.320. The molecule has 0 aliphatic rings. The Bertz CT molecular complexity index is 1260. The number of hydrogen-bond donors (Lipinski definition) is 1. The first-order chi connectivity index (χ1) is 16.4. The van der Waals surface area contributed by atoms with Crippen LogP contribution < -0.4 is 5.32 Å². The molecule has 0 saturated heterocycles. The number of rotatable bonds is 9. The summed E-state index contributed by atoms with van der Waals surface area (Å²) in [5.74, 6) is -5.47. The first kappa shape index (κ1) is 27.2. The van der Waals surface area contributed by atoms with Crippen LogP contribution in [0, 0.1) is 11.8 Å². The molecule has 0 fully saturated rings. The molecule has 3 aromatic rings. The highest BCUT2D eigenvalue weighted by Gasteiger charge is 2.45. The van der Waals surface area contributed by atoms with Crippen molar-refractivity contribution in [1.29, 1.82) is 0 Å². The Morgan fingerprint density at radius 2 is 1.71 bits per heavy atom. The molecule has 2 atom stereocenters. The number of amides is 1. The van der Waals surface area contributed by atoms with Crippen LogP contribution in [-0.4, -0.2) is 29.7 Å². The summed E-state index contributed by atoms with van der Waals surface area (Å²) in [4.78, 5) is 38.3. The second kappa shape index (κ2) is 11.1.